The maximum Gasteiger partial charge on any atom is 0.0233 e. The van der Waals surface area contributed by atoms with Gasteiger partial charge in [-0.15, -0.1) is 0 Å². The topological polar surface area (TPSA) is 36.1 Å². The van der Waals surface area contributed by atoms with Crippen LogP contribution in [0.4, 0.5) is 0 Å². The van der Waals surface area contributed by atoms with Crippen molar-refractivity contribution in [1.82, 2.24) is 16.0 Å². The van der Waals surface area contributed by atoms with E-state index in [-0.39, 0.29) is 0 Å². The van der Waals surface area contributed by atoms with Crippen LogP contribution in [0.25, 0.3) is 0 Å². The van der Waals surface area contributed by atoms with E-state index in [4.69, 9.17) is 0 Å². The molecular weight excluding hydrogens is 138 g/mol. The van der Waals surface area contributed by atoms with Crippen LogP contribution in [-0.4, -0.2) is 39.3 Å². The van der Waals surface area contributed by atoms with Crippen molar-refractivity contribution in [3.8, 4) is 0 Å². The summed E-state index contributed by atoms with van der Waals surface area (Å²) in [5.74, 6) is 0. The summed E-state index contributed by atoms with van der Waals surface area (Å²) in [5.41, 5.74) is 0. The van der Waals surface area contributed by atoms with E-state index >= 15 is 0 Å². The molecule has 0 bridgehead atoms. The second-order valence-corrected chi connectivity index (χ2v) is 3.25. The van der Waals surface area contributed by atoms with Crippen LogP contribution in [0.3, 0.4) is 0 Å². The summed E-state index contributed by atoms with van der Waals surface area (Å²) < 4.78 is 0. The van der Waals surface area contributed by atoms with Gasteiger partial charge in [0.1, 0.15) is 0 Å². The largest absolute Gasteiger partial charge is 0.317 e. The van der Waals surface area contributed by atoms with Crippen LogP contribution >= 0.6 is 0 Å². The van der Waals surface area contributed by atoms with E-state index in [1.165, 1.54) is 12.8 Å². The Morgan fingerprint density at radius 3 is 1.55 bits per heavy atom. The van der Waals surface area contributed by atoms with Crippen LogP contribution in [0, 0.1) is 0 Å². The summed E-state index contributed by atoms with van der Waals surface area (Å²) >= 11 is 0. The molecule has 1 fully saturated rings. The van der Waals surface area contributed by atoms with Gasteiger partial charge >= 0.3 is 0 Å². The smallest absolute Gasteiger partial charge is 0.0233 e. The lowest BCUT2D eigenvalue weighted by Crippen LogP contribution is -2.40. The third-order valence-corrected chi connectivity index (χ3v) is 2.71. The molecule has 0 heterocycles. The fraction of sp³-hybridized carbons (Fsp3) is 1.00. The van der Waals surface area contributed by atoms with E-state index in [2.05, 4.69) is 16.0 Å². The average Bonchev–Trinajstić information content (AvgIpc) is 2.46. The summed E-state index contributed by atoms with van der Waals surface area (Å²) in [6.07, 6.45) is 2.47. The zero-order chi connectivity index (χ0) is 8.27. The van der Waals surface area contributed by atoms with Crippen molar-refractivity contribution in [2.45, 2.75) is 31.0 Å². The Kier molecular flexibility index (Phi) is 3.30. The second kappa shape index (κ2) is 4.04. The predicted octanol–water partition coefficient (Wildman–Crippen LogP) is -0.456. The van der Waals surface area contributed by atoms with Crippen LogP contribution in [0.5, 0.6) is 0 Å². The summed E-state index contributed by atoms with van der Waals surface area (Å²) in [6.45, 7) is 0. The molecular formula is C8H19N3. The highest BCUT2D eigenvalue weighted by atomic mass is 15.0. The van der Waals surface area contributed by atoms with E-state index in [0.717, 1.165) is 0 Å². The lowest BCUT2D eigenvalue weighted by atomic mass is 10.2. The molecule has 1 aliphatic carbocycles. The first-order valence-corrected chi connectivity index (χ1v) is 4.33. The molecule has 0 aromatic heterocycles. The van der Waals surface area contributed by atoms with Crippen molar-refractivity contribution >= 4 is 0 Å². The molecule has 0 spiro atoms. The average molecular weight is 157 g/mol. The number of hydrogen-bond donors (Lipinski definition) is 3. The Bertz CT molecular complexity index is 104. The van der Waals surface area contributed by atoms with Gasteiger partial charge in [-0.05, 0) is 34.0 Å². The Balaban J connectivity index is 2.41. The van der Waals surface area contributed by atoms with Crippen molar-refractivity contribution in [3.05, 3.63) is 0 Å². The Morgan fingerprint density at radius 1 is 0.818 bits per heavy atom. The monoisotopic (exact) mass is 157 g/mol. The lowest BCUT2D eigenvalue weighted by Gasteiger charge is -2.16. The molecule has 2 atom stereocenters. The maximum absolute atomic E-state index is 3.33. The first kappa shape index (κ1) is 8.97. The Hall–Kier alpha value is -0.120. The molecule has 0 aliphatic heterocycles. The Labute approximate surface area is 68.9 Å². The van der Waals surface area contributed by atoms with Gasteiger partial charge in [0.05, 0.1) is 0 Å². The fourth-order valence-corrected chi connectivity index (χ4v) is 1.91. The van der Waals surface area contributed by atoms with E-state index in [0.29, 0.717) is 18.1 Å². The molecule has 1 aliphatic rings. The summed E-state index contributed by atoms with van der Waals surface area (Å²) in [7, 11) is 6.11. The van der Waals surface area contributed by atoms with Crippen LogP contribution in [0.15, 0.2) is 0 Å². The van der Waals surface area contributed by atoms with E-state index < -0.39 is 0 Å². The van der Waals surface area contributed by atoms with Gasteiger partial charge in [0, 0.05) is 18.1 Å². The van der Waals surface area contributed by atoms with Gasteiger partial charge in [-0.3, -0.25) is 0 Å². The van der Waals surface area contributed by atoms with Crippen molar-refractivity contribution in [3.63, 3.8) is 0 Å². The van der Waals surface area contributed by atoms with Crippen LogP contribution < -0.4 is 16.0 Å². The number of rotatable bonds is 3. The highest BCUT2D eigenvalue weighted by Crippen LogP contribution is 2.18. The molecule has 3 heteroatoms. The van der Waals surface area contributed by atoms with E-state index in [1.54, 1.807) is 0 Å². The normalized spacial score (nSPS) is 37.9. The van der Waals surface area contributed by atoms with Crippen molar-refractivity contribution < 1.29 is 0 Å². The highest BCUT2D eigenvalue weighted by molar-refractivity contribution is 4.94. The molecule has 66 valence electrons. The molecule has 0 aromatic carbocycles. The summed E-state index contributed by atoms with van der Waals surface area (Å²) in [4.78, 5) is 0. The zero-order valence-electron chi connectivity index (χ0n) is 7.65. The number of likely N-dealkylation sites (N-methyl/N-ethyl adjacent to an activating group) is 2. The molecule has 0 amide bonds. The minimum absolute atomic E-state index is 0.637. The molecule has 0 saturated heterocycles. The lowest BCUT2D eigenvalue weighted by molar-refractivity contribution is 0.460. The van der Waals surface area contributed by atoms with Crippen molar-refractivity contribution in [2.75, 3.05) is 21.1 Å². The zero-order valence-corrected chi connectivity index (χ0v) is 7.65. The standard InChI is InChI=1S/C8H19N3/c1-9-6-4-7(10-2)8(5-6)11-3/h6-11H,4-5H2,1-3H3. The third kappa shape index (κ3) is 1.92. The van der Waals surface area contributed by atoms with Crippen molar-refractivity contribution in [2.24, 2.45) is 0 Å². The number of hydrogen-bond acceptors (Lipinski definition) is 3. The molecule has 1 rings (SSSR count). The minimum Gasteiger partial charge on any atom is -0.317 e. The van der Waals surface area contributed by atoms with Gasteiger partial charge in [0.15, 0.2) is 0 Å². The van der Waals surface area contributed by atoms with E-state index in [9.17, 15) is 0 Å². The molecule has 0 radical (unpaired) electrons. The van der Waals surface area contributed by atoms with Crippen molar-refractivity contribution in [1.29, 1.82) is 0 Å². The quantitative estimate of drug-likeness (QED) is 0.519. The first-order chi connectivity index (χ1) is 5.31. The van der Waals surface area contributed by atoms with Gasteiger partial charge in [-0.25, -0.2) is 0 Å². The summed E-state index contributed by atoms with van der Waals surface area (Å²) in [6, 6.07) is 1.96. The van der Waals surface area contributed by atoms with Crippen LogP contribution in [0.2, 0.25) is 0 Å². The van der Waals surface area contributed by atoms with Gasteiger partial charge in [0.2, 0.25) is 0 Å². The molecule has 3 N–H and O–H groups in total. The van der Waals surface area contributed by atoms with E-state index in [1.807, 2.05) is 21.1 Å². The Morgan fingerprint density at radius 2 is 1.27 bits per heavy atom. The minimum atomic E-state index is 0.637. The SMILES string of the molecule is CNC1CC(NC)C(NC)C1. The van der Waals surface area contributed by atoms with Crippen LogP contribution in [0.1, 0.15) is 12.8 Å². The summed E-state index contributed by atoms with van der Waals surface area (Å²) in [5, 5.41) is 9.97. The third-order valence-electron chi connectivity index (χ3n) is 2.71. The molecule has 11 heavy (non-hydrogen) atoms. The first-order valence-electron chi connectivity index (χ1n) is 4.33. The fourth-order valence-electron chi connectivity index (χ4n) is 1.91. The van der Waals surface area contributed by atoms with Crippen LogP contribution in [-0.2, 0) is 0 Å². The molecule has 2 unspecified atom stereocenters. The van der Waals surface area contributed by atoms with Gasteiger partial charge in [-0.1, -0.05) is 0 Å². The molecule has 0 aromatic rings. The maximum atomic E-state index is 3.33. The molecule has 3 nitrogen and oxygen atoms in total. The molecule has 1 saturated carbocycles. The van der Waals surface area contributed by atoms with Gasteiger partial charge in [0.25, 0.3) is 0 Å². The van der Waals surface area contributed by atoms with Gasteiger partial charge < -0.3 is 16.0 Å². The second-order valence-electron chi connectivity index (χ2n) is 3.25. The highest BCUT2D eigenvalue weighted by Gasteiger charge is 2.30. The van der Waals surface area contributed by atoms with Gasteiger partial charge in [-0.2, -0.15) is 0 Å². The number of nitrogens with one attached hydrogen (secondary N) is 3. The predicted molar refractivity (Wildman–Crippen MR) is 47.8 cm³/mol.